The van der Waals surface area contributed by atoms with Crippen molar-refractivity contribution in [2.45, 2.75) is 39.5 Å². The highest BCUT2D eigenvalue weighted by Gasteiger charge is 2.09. The predicted octanol–water partition coefficient (Wildman–Crippen LogP) is 3.14. The molecule has 0 spiro atoms. The first-order chi connectivity index (χ1) is 13.9. The summed E-state index contributed by atoms with van der Waals surface area (Å²) in [7, 11) is -2.96. The Morgan fingerprint density at radius 3 is 2.38 bits per heavy atom. The first-order valence-electron chi connectivity index (χ1n) is 9.84. The molecule has 2 rings (SSSR count). The van der Waals surface area contributed by atoms with Crippen LogP contribution in [-0.2, 0) is 23.0 Å². The van der Waals surface area contributed by atoms with E-state index in [0.29, 0.717) is 25.5 Å². The Balaban J connectivity index is 1.87. The maximum atomic E-state index is 11.3. The van der Waals surface area contributed by atoms with Gasteiger partial charge >= 0.3 is 0 Å². The summed E-state index contributed by atoms with van der Waals surface area (Å²) in [4.78, 5) is 4.60. The quantitative estimate of drug-likeness (QED) is 0.459. The highest BCUT2D eigenvalue weighted by atomic mass is 32.2. The molecule has 2 N–H and O–H groups in total. The third kappa shape index (κ3) is 9.47. The Labute approximate surface area is 174 Å². The summed E-state index contributed by atoms with van der Waals surface area (Å²) in [5.74, 6) is 1.66. The number of hydrogen-bond donors (Lipinski definition) is 2. The van der Waals surface area contributed by atoms with E-state index in [0.717, 1.165) is 23.4 Å². The molecular formula is C22H31N3O3S. The number of nitrogens with one attached hydrogen (secondary N) is 2. The van der Waals surface area contributed by atoms with E-state index >= 15 is 0 Å². The molecule has 29 heavy (non-hydrogen) atoms. The summed E-state index contributed by atoms with van der Waals surface area (Å²) in [6, 6.07) is 18.0. The van der Waals surface area contributed by atoms with Crippen LogP contribution in [-0.4, -0.2) is 39.0 Å². The zero-order valence-electron chi connectivity index (χ0n) is 17.4. The average molecular weight is 418 g/mol. The van der Waals surface area contributed by atoms with Gasteiger partial charge < -0.3 is 15.4 Å². The van der Waals surface area contributed by atoms with Gasteiger partial charge in [0.15, 0.2) is 5.96 Å². The highest BCUT2D eigenvalue weighted by Crippen LogP contribution is 2.15. The Morgan fingerprint density at radius 1 is 1.07 bits per heavy atom. The van der Waals surface area contributed by atoms with Crippen molar-refractivity contribution in [3.8, 4) is 5.75 Å². The van der Waals surface area contributed by atoms with Crippen molar-refractivity contribution < 1.29 is 13.2 Å². The third-order valence-corrected chi connectivity index (χ3v) is 5.22. The van der Waals surface area contributed by atoms with E-state index in [1.807, 2.05) is 68.4 Å². The number of hydrogen-bond acceptors (Lipinski definition) is 4. The maximum Gasteiger partial charge on any atom is 0.191 e. The van der Waals surface area contributed by atoms with Crippen LogP contribution in [0, 0.1) is 0 Å². The van der Waals surface area contributed by atoms with Gasteiger partial charge in [0.25, 0.3) is 0 Å². The second kappa shape index (κ2) is 11.5. The number of guanidine groups is 1. The Bertz CT molecular complexity index is 866. The van der Waals surface area contributed by atoms with Crippen LogP contribution in [0.25, 0.3) is 0 Å². The van der Waals surface area contributed by atoms with E-state index < -0.39 is 9.84 Å². The molecule has 0 aliphatic rings. The van der Waals surface area contributed by atoms with E-state index in [9.17, 15) is 8.42 Å². The lowest BCUT2D eigenvalue weighted by Gasteiger charge is -2.17. The minimum absolute atomic E-state index is 0.0105. The van der Waals surface area contributed by atoms with E-state index in [4.69, 9.17) is 4.74 Å². The van der Waals surface area contributed by atoms with Crippen molar-refractivity contribution in [3.05, 3.63) is 65.7 Å². The summed E-state index contributed by atoms with van der Waals surface area (Å²) in [6.07, 6.45) is 1.79. The Hall–Kier alpha value is -2.54. The zero-order valence-corrected chi connectivity index (χ0v) is 18.2. The van der Waals surface area contributed by atoms with Gasteiger partial charge in [0, 0.05) is 18.8 Å². The summed E-state index contributed by atoms with van der Waals surface area (Å²) in [5, 5.41) is 6.46. The van der Waals surface area contributed by atoms with E-state index in [-0.39, 0.29) is 11.8 Å². The zero-order chi connectivity index (χ0) is 21.1. The fourth-order valence-electron chi connectivity index (χ4n) is 2.62. The number of benzene rings is 2. The smallest absolute Gasteiger partial charge is 0.191 e. The van der Waals surface area contributed by atoms with E-state index in [1.54, 1.807) is 0 Å². The molecule has 2 aromatic carbocycles. The molecule has 6 nitrogen and oxygen atoms in total. The number of aliphatic imine (C=N–C) groups is 1. The summed E-state index contributed by atoms with van der Waals surface area (Å²) < 4.78 is 28.5. The SMILES string of the molecule is CCNC(=NCc1ccc(OCc2ccccc2)cc1)NC(C)CCS(C)(=O)=O. The number of ether oxygens (including phenoxy) is 1. The van der Waals surface area contributed by atoms with Crippen molar-refractivity contribution in [2.24, 2.45) is 4.99 Å². The van der Waals surface area contributed by atoms with Crippen LogP contribution in [0.3, 0.4) is 0 Å². The van der Waals surface area contributed by atoms with E-state index in [2.05, 4.69) is 15.6 Å². The monoisotopic (exact) mass is 417 g/mol. The number of sulfone groups is 1. The molecule has 0 fully saturated rings. The molecule has 158 valence electrons. The van der Waals surface area contributed by atoms with Gasteiger partial charge in [-0.3, -0.25) is 0 Å². The number of nitrogens with zero attached hydrogens (tertiary/aromatic N) is 1. The van der Waals surface area contributed by atoms with Gasteiger partial charge in [0.05, 0.1) is 12.3 Å². The van der Waals surface area contributed by atoms with Crippen molar-refractivity contribution in [2.75, 3.05) is 18.6 Å². The lowest BCUT2D eigenvalue weighted by Crippen LogP contribution is -2.42. The fraction of sp³-hybridized carbons (Fsp3) is 0.409. The average Bonchev–Trinajstić information content (AvgIpc) is 2.70. The molecule has 2 aromatic rings. The molecule has 0 aliphatic carbocycles. The molecule has 0 aromatic heterocycles. The molecule has 0 bridgehead atoms. The van der Waals surface area contributed by atoms with Crippen molar-refractivity contribution in [1.29, 1.82) is 0 Å². The van der Waals surface area contributed by atoms with Crippen LogP contribution < -0.4 is 15.4 Å². The molecule has 0 aliphatic heterocycles. The van der Waals surface area contributed by atoms with Crippen LogP contribution in [0.4, 0.5) is 0 Å². The van der Waals surface area contributed by atoms with Gasteiger partial charge in [0.2, 0.25) is 0 Å². The lowest BCUT2D eigenvalue weighted by molar-refractivity contribution is 0.306. The second-order valence-electron chi connectivity index (χ2n) is 7.08. The molecule has 1 atom stereocenters. The van der Waals surface area contributed by atoms with Crippen LogP contribution in [0.2, 0.25) is 0 Å². The van der Waals surface area contributed by atoms with Gasteiger partial charge in [-0.15, -0.1) is 0 Å². The minimum Gasteiger partial charge on any atom is -0.489 e. The van der Waals surface area contributed by atoms with Gasteiger partial charge in [-0.25, -0.2) is 13.4 Å². The van der Waals surface area contributed by atoms with Crippen molar-refractivity contribution in [3.63, 3.8) is 0 Å². The maximum absolute atomic E-state index is 11.3. The second-order valence-corrected chi connectivity index (χ2v) is 9.34. The largest absolute Gasteiger partial charge is 0.489 e. The molecule has 0 saturated carbocycles. The van der Waals surface area contributed by atoms with Gasteiger partial charge in [-0.2, -0.15) is 0 Å². The minimum atomic E-state index is -2.96. The summed E-state index contributed by atoms with van der Waals surface area (Å²) in [6.45, 7) is 5.75. The fourth-order valence-corrected chi connectivity index (χ4v) is 3.40. The molecule has 0 amide bonds. The molecule has 0 radical (unpaired) electrons. The third-order valence-electron chi connectivity index (χ3n) is 4.24. The Kier molecular flexibility index (Phi) is 8.99. The topological polar surface area (TPSA) is 79.8 Å². The lowest BCUT2D eigenvalue weighted by atomic mass is 10.2. The molecule has 0 heterocycles. The van der Waals surface area contributed by atoms with Crippen LogP contribution in [0.5, 0.6) is 5.75 Å². The van der Waals surface area contributed by atoms with E-state index in [1.165, 1.54) is 6.26 Å². The van der Waals surface area contributed by atoms with Gasteiger partial charge in [0.1, 0.15) is 22.2 Å². The number of rotatable bonds is 10. The summed E-state index contributed by atoms with van der Waals surface area (Å²) >= 11 is 0. The van der Waals surface area contributed by atoms with Crippen LogP contribution in [0.1, 0.15) is 31.4 Å². The standard InChI is InChI=1S/C22H31N3O3S/c1-4-23-22(25-18(2)14-15-29(3,26)27)24-16-19-10-12-21(13-11-19)28-17-20-8-6-5-7-9-20/h5-13,18H,4,14-17H2,1-3H3,(H2,23,24,25). The first-order valence-corrected chi connectivity index (χ1v) is 11.9. The highest BCUT2D eigenvalue weighted by molar-refractivity contribution is 7.90. The Morgan fingerprint density at radius 2 is 1.76 bits per heavy atom. The summed E-state index contributed by atoms with van der Waals surface area (Å²) in [5.41, 5.74) is 2.20. The van der Waals surface area contributed by atoms with Crippen molar-refractivity contribution in [1.82, 2.24) is 10.6 Å². The van der Waals surface area contributed by atoms with Crippen LogP contribution >= 0.6 is 0 Å². The van der Waals surface area contributed by atoms with Crippen LogP contribution in [0.15, 0.2) is 59.6 Å². The molecular weight excluding hydrogens is 386 g/mol. The van der Waals surface area contributed by atoms with Gasteiger partial charge in [-0.1, -0.05) is 42.5 Å². The predicted molar refractivity (Wildman–Crippen MR) is 119 cm³/mol. The van der Waals surface area contributed by atoms with Gasteiger partial charge in [-0.05, 0) is 43.5 Å². The molecule has 1 unspecified atom stereocenters. The normalized spacial score (nSPS) is 13.0. The van der Waals surface area contributed by atoms with Crippen molar-refractivity contribution >= 4 is 15.8 Å². The first kappa shape index (κ1) is 22.7. The molecule has 0 saturated heterocycles. The molecule has 7 heteroatoms.